The highest BCUT2D eigenvalue weighted by Crippen LogP contribution is 2.31. The largest absolute Gasteiger partial charge is 0.481 e. The summed E-state index contributed by atoms with van der Waals surface area (Å²) in [4.78, 5) is 32.4. The van der Waals surface area contributed by atoms with Crippen LogP contribution in [0, 0.1) is 11.8 Å². The highest BCUT2D eigenvalue weighted by molar-refractivity contribution is 5.87. The molecule has 0 aromatic carbocycles. The first kappa shape index (κ1) is 11.5. The van der Waals surface area contributed by atoms with Gasteiger partial charge in [0.05, 0.1) is 11.8 Å². The fourth-order valence-corrected chi connectivity index (χ4v) is 1.86. The minimum Gasteiger partial charge on any atom is -0.481 e. The topological polar surface area (TPSA) is 104 Å². The number of carboxylic acids is 2. The normalized spacial score (nSPS) is 24.8. The van der Waals surface area contributed by atoms with Crippen LogP contribution in [-0.2, 0) is 14.4 Å². The van der Waals surface area contributed by atoms with E-state index in [4.69, 9.17) is 10.2 Å². The first-order chi connectivity index (χ1) is 7.02. The molecule has 0 saturated heterocycles. The number of rotatable bonds is 4. The molecule has 6 nitrogen and oxygen atoms in total. The Balaban J connectivity index is 2.51. The van der Waals surface area contributed by atoms with Crippen molar-refractivity contribution in [3.05, 3.63) is 0 Å². The van der Waals surface area contributed by atoms with E-state index in [1.807, 2.05) is 0 Å². The maximum Gasteiger partial charge on any atom is 0.322 e. The Labute approximate surface area is 86.3 Å². The van der Waals surface area contributed by atoms with Crippen LogP contribution in [-0.4, -0.2) is 34.6 Å². The molecule has 0 bridgehead atoms. The molecule has 0 aromatic heterocycles. The van der Waals surface area contributed by atoms with Gasteiger partial charge >= 0.3 is 11.9 Å². The lowest BCUT2D eigenvalue weighted by molar-refractivity contribution is -0.146. The van der Waals surface area contributed by atoms with Crippen molar-refractivity contribution in [3.8, 4) is 0 Å². The lowest BCUT2D eigenvalue weighted by atomic mass is 9.95. The highest BCUT2D eigenvalue weighted by atomic mass is 16.4. The summed E-state index contributed by atoms with van der Waals surface area (Å²) < 4.78 is 0. The molecule has 6 heteroatoms. The van der Waals surface area contributed by atoms with E-state index in [0.29, 0.717) is 19.3 Å². The van der Waals surface area contributed by atoms with Gasteiger partial charge in [-0.1, -0.05) is 6.42 Å². The molecule has 1 aliphatic rings. The third-order valence-electron chi connectivity index (χ3n) is 2.58. The van der Waals surface area contributed by atoms with Gasteiger partial charge < -0.3 is 15.5 Å². The Morgan fingerprint density at radius 2 is 1.73 bits per heavy atom. The second kappa shape index (κ2) is 4.77. The molecule has 0 heterocycles. The summed E-state index contributed by atoms with van der Waals surface area (Å²) in [5, 5.41) is 19.4. The van der Waals surface area contributed by atoms with E-state index >= 15 is 0 Å². The number of hydrogen-bond acceptors (Lipinski definition) is 3. The van der Waals surface area contributed by atoms with E-state index in [0.717, 1.165) is 0 Å². The third-order valence-corrected chi connectivity index (χ3v) is 2.58. The van der Waals surface area contributed by atoms with Gasteiger partial charge in [-0.25, -0.2) is 0 Å². The summed E-state index contributed by atoms with van der Waals surface area (Å²) >= 11 is 0. The average molecular weight is 215 g/mol. The molecular weight excluding hydrogens is 202 g/mol. The lowest BCUT2D eigenvalue weighted by Crippen LogP contribution is -2.37. The number of nitrogens with one attached hydrogen (secondary N) is 1. The van der Waals surface area contributed by atoms with Crippen LogP contribution < -0.4 is 5.32 Å². The van der Waals surface area contributed by atoms with Crippen LogP contribution in [0.15, 0.2) is 0 Å². The van der Waals surface area contributed by atoms with Gasteiger partial charge in [-0.3, -0.25) is 14.4 Å². The zero-order valence-corrected chi connectivity index (χ0v) is 8.10. The van der Waals surface area contributed by atoms with Crippen LogP contribution in [0.2, 0.25) is 0 Å². The molecule has 1 amide bonds. The van der Waals surface area contributed by atoms with Crippen LogP contribution in [0.4, 0.5) is 0 Å². The standard InChI is InChI=1S/C9H13NO5/c11-7(12)4-10-8(13)5-2-1-3-6(5)9(14)15/h5-6H,1-4H2,(H,10,13)(H,11,12)(H,14,15)/t5-,6+/m1/s1. The SMILES string of the molecule is O=C(O)CNC(=O)[C@@H]1CCC[C@@H]1C(=O)O. The Morgan fingerprint density at radius 3 is 2.27 bits per heavy atom. The van der Waals surface area contributed by atoms with Gasteiger partial charge in [0.25, 0.3) is 0 Å². The highest BCUT2D eigenvalue weighted by Gasteiger charge is 2.37. The van der Waals surface area contributed by atoms with Crippen molar-refractivity contribution in [3.63, 3.8) is 0 Å². The fraction of sp³-hybridized carbons (Fsp3) is 0.667. The van der Waals surface area contributed by atoms with E-state index in [1.54, 1.807) is 0 Å². The summed E-state index contributed by atoms with van der Waals surface area (Å²) in [7, 11) is 0. The number of carbonyl (C=O) groups excluding carboxylic acids is 1. The van der Waals surface area contributed by atoms with Crippen LogP contribution in [0.5, 0.6) is 0 Å². The molecule has 1 saturated carbocycles. The average Bonchev–Trinajstić information content (AvgIpc) is 2.62. The van der Waals surface area contributed by atoms with Gasteiger partial charge in [0.1, 0.15) is 6.54 Å². The number of amides is 1. The molecule has 0 aliphatic heterocycles. The minimum absolute atomic E-state index is 0.457. The molecule has 0 aromatic rings. The van der Waals surface area contributed by atoms with E-state index in [-0.39, 0.29) is 0 Å². The van der Waals surface area contributed by atoms with Gasteiger partial charge in [0.2, 0.25) is 5.91 Å². The van der Waals surface area contributed by atoms with Crippen molar-refractivity contribution in [2.24, 2.45) is 11.8 Å². The van der Waals surface area contributed by atoms with Crippen LogP contribution in [0.1, 0.15) is 19.3 Å². The Hall–Kier alpha value is -1.59. The summed E-state index contributed by atoms with van der Waals surface area (Å²) in [5.74, 6) is -3.83. The van der Waals surface area contributed by atoms with Crippen molar-refractivity contribution in [1.29, 1.82) is 0 Å². The zero-order chi connectivity index (χ0) is 11.4. The molecule has 0 spiro atoms. The monoisotopic (exact) mass is 215 g/mol. The fourth-order valence-electron chi connectivity index (χ4n) is 1.86. The Bertz CT molecular complexity index is 288. The summed E-state index contributed by atoms with van der Waals surface area (Å²) in [5.41, 5.74) is 0. The quantitative estimate of drug-likeness (QED) is 0.596. The first-order valence-electron chi connectivity index (χ1n) is 4.74. The zero-order valence-electron chi connectivity index (χ0n) is 8.10. The first-order valence-corrected chi connectivity index (χ1v) is 4.74. The van der Waals surface area contributed by atoms with Gasteiger partial charge in [0, 0.05) is 0 Å². The van der Waals surface area contributed by atoms with Crippen LogP contribution >= 0.6 is 0 Å². The van der Waals surface area contributed by atoms with Crippen LogP contribution in [0.3, 0.4) is 0 Å². The number of carbonyl (C=O) groups is 3. The molecule has 1 aliphatic carbocycles. The molecule has 2 atom stereocenters. The second-order valence-corrected chi connectivity index (χ2v) is 3.59. The molecule has 3 N–H and O–H groups in total. The van der Waals surface area contributed by atoms with Crippen LogP contribution in [0.25, 0.3) is 0 Å². The van der Waals surface area contributed by atoms with Gasteiger partial charge in [-0.2, -0.15) is 0 Å². The third kappa shape index (κ3) is 2.93. The predicted octanol–water partition coefficient (Wildman–Crippen LogP) is -0.312. The van der Waals surface area contributed by atoms with Crippen molar-refractivity contribution in [2.75, 3.05) is 6.54 Å². The number of aliphatic carboxylic acids is 2. The molecule has 1 fully saturated rings. The second-order valence-electron chi connectivity index (χ2n) is 3.59. The summed E-state index contributed by atoms with van der Waals surface area (Å²) in [6, 6.07) is 0. The van der Waals surface area contributed by atoms with Crippen molar-refractivity contribution >= 4 is 17.8 Å². The summed E-state index contributed by atoms with van der Waals surface area (Å²) in [6.07, 6.45) is 1.70. The molecular formula is C9H13NO5. The maximum atomic E-state index is 11.4. The smallest absolute Gasteiger partial charge is 0.322 e. The summed E-state index contributed by atoms with van der Waals surface area (Å²) in [6.45, 7) is -0.457. The van der Waals surface area contributed by atoms with Gasteiger partial charge in [-0.05, 0) is 12.8 Å². The lowest BCUT2D eigenvalue weighted by Gasteiger charge is -2.14. The minimum atomic E-state index is -1.13. The number of carboxylic acid groups (broad SMARTS) is 2. The van der Waals surface area contributed by atoms with Gasteiger partial charge in [0.15, 0.2) is 0 Å². The molecule has 0 radical (unpaired) electrons. The van der Waals surface area contributed by atoms with Crippen molar-refractivity contribution in [2.45, 2.75) is 19.3 Å². The maximum absolute atomic E-state index is 11.4. The molecule has 1 rings (SSSR count). The molecule has 15 heavy (non-hydrogen) atoms. The predicted molar refractivity (Wildman–Crippen MR) is 49.1 cm³/mol. The Kier molecular flexibility index (Phi) is 3.65. The van der Waals surface area contributed by atoms with E-state index in [1.165, 1.54) is 0 Å². The molecule has 0 unspecified atom stereocenters. The van der Waals surface area contributed by atoms with Gasteiger partial charge in [-0.15, -0.1) is 0 Å². The number of hydrogen-bond donors (Lipinski definition) is 3. The van der Waals surface area contributed by atoms with Crippen molar-refractivity contribution in [1.82, 2.24) is 5.32 Å². The van der Waals surface area contributed by atoms with E-state index < -0.39 is 36.2 Å². The Morgan fingerprint density at radius 1 is 1.13 bits per heavy atom. The van der Waals surface area contributed by atoms with Crippen molar-refractivity contribution < 1.29 is 24.6 Å². The van der Waals surface area contributed by atoms with E-state index in [2.05, 4.69) is 5.32 Å². The molecule has 84 valence electrons. The van der Waals surface area contributed by atoms with E-state index in [9.17, 15) is 14.4 Å².